The Labute approximate surface area is 112 Å². The molecule has 2 heterocycles. The highest BCUT2D eigenvalue weighted by atomic mass is 15.2. The number of fused-ring (bicyclic) bond motifs is 1. The van der Waals surface area contributed by atoms with Crippen molar-refractivity contribution in [1.82, 2.24) is 4.98 Å². The van der Waals surface area contributed by atoms with Gasteiger partial charge in [0.1, 0.15) is 17.3 Å². The van der Waals surface area contributed by atoms with E-state index in [4.69, 9.17) is 11.1 Å². The largest absolute Gasteiger partial charge is 0.382 e. The molecular formula is C15H16N4. The van der Waals surface area contributed by atoms with Crippen LogP contribution in [0.3, 0.4) is 0 Å². The van der Waals surface area contributed by atoms with Crippen LogP contribution in [0.4, 0.5) is 5.82 Å². The maximum absolute atomic E-state index is 7.46. The van der Waals surface area contributed by atoms with Crippen molar-refractivity contribution in [3.63, 3.8) is 0 Å². The molecule has 1 aromatic carbocycles. The van der Waals surface area contributed by atoms with Crippen molar-refractivity contribution in [2.24, 2.45) is 5.73 Å². The van der Waals surface area contributed by atoms with Crippen LogP contribution in [0.2, 0.25) is 0 Å². The van der Waals surface area contributed by atoms with Gasteiger partial charge in [0, 0.05) is 13.1 Å². The lowest BCUT2D eigenvalue weighted by Gasteiger charge is -2.29. The standard InChI is InChI=1S/C15H16N4/c16-15(17)13-6-3-7-14(18-13)19-9-8-11-4-1-2-5-12(11)10-19/h1-7H,8-10H2,(H3,16,17). The molecule has 1 aliphatic heterocycles. The number of rotatable bonds is 2. The van der Waals surface area contributed by atoms with E-state index in [0.717, 1.165) is 25.3 Å². The lowest BCUT2D eigenvalue weighted by atomic mass is 10.00. The lowest BCUT2D eigenvalue weighted by Crippen LogP contribution is -2.31. The second kappa shape index (κ2) is 4.72. The molecule has 0 saturated carbocycles. The Morgan fingerprint density at radius 2 is 1.89 bits per heavy atom. The predicted octanol–water partition coefficient (Wildman–Crippen LogP) is 1.93. The first-order valence-electron chi connectivity index (χ1n) is 6.37. The van der Waals surface area contributed by atoms with Gasteiger partial charge in [0.2, 0.25) is 0 Å². The second-order valence-electron chi connectivity index (χ2n) is 4.73. The third kappa shape index (κ3) is 2.29. The molecule has 0 spiro atoms. The van der Waals surface area contributed by atoms with Crippen molar-refractivity contribution in [2.45, 2.75) is 13.0 Å². The summed E-state index contributed by atoms with van der Waals surface area (Å²) in [5.41, 5.74) is 8.80. The monoisotopic (exact) mass is 252 g/mol. The summed E-state index contributed by atoms with van der Waals surface area (Å²) in [4.78, 5) is 6.68. The number of pyridine rings is 1. The summed E-state index contributed by atoms with van der Waals surface area (Å²) in [6, 6.07) is 14.1. The van der Waals surface area contributed by atoms with Crippen LogP contribution < -0.4 is 10.6 Å². The summed E-state index contributed by atoms with van der Waals surface area (Å²) >= 11 is 0. The van der Waals surface area contributed by atoms with Crippen molar-refractivity contribution in [3.05, 3.63) is 59.3 Å². The van der Waals surface area contributed by atoms with Crippen LogP contribution in [0, 0.1) is 5.41 Å². The molecule has 0 aliphatic carbocycles. The maximum Gasteiger partial charge on any atom is 0.141 e. The summed E-state index contributed by atoms with van der Waals surface area (Å²) in [6.45, 7) is 1.82. The van der Waals surface area contributed by atoms with Crippen molar-refractivity contribution in [3.8, 4) is 0 Å². The van der Waals surface area contributed by atoms with Crippen molar-refractivity contribution in [2.75, 3.05) is 11.4 Å². The summed E-state index contributed by atoms with van der Waals surface area (Å²) < 4.78 is 0. The molecule has 0 saturated heterocycles. The molecule has 0 atom stereocenters. The van der Waals surface area contributed by atoms with Gasteiger partial charge in [0.25, 0.3) is 0 Å². The van der Waals surface area contributed by atoms with E-state index in [1.807, 2.05) is 12.1 Å². The first-order chi connectivity index (χ1) is 9.24. The molecule has 2 aromatic rings. The second-order valence-corrected chi connectivity index (χ2v) is 4.73. The lowest BCUT2D eigenvalue weighted by molar-refractivity contribution is 0.720. The molecular weight excluding hydrogens is 236 g/mol. The minimum Gasteiger partial charge on any atom is -0.382 e. The first kappa shape index (κ1) is 11.7. The number of nitrogen functional groups attached to an aromatic ring is 1. The fraction of sp³-hybridized carbons (Fsp3) is 0.200. The molecule has 0 unspecified atom stereocenters. The minimum atomic E-state index is 0.0132. The number of nitrogens with two attached hydrogens (primary N) is 1. The number of hydrogen-bond donors (Lipinski definition) is 2. The molecule has 1 aliphatic rings. The quantitative estimate of drug-likeness (QED) is 0.634. The highest BCUT2D eigenvalue weighted by Crippen LogP contribution is 2.22. The third-order valence-electron chi connectivity index (χ3n) is 3.46. The van der Waals surface area contributed by atoms with Gasteiger partial charge in [-0.3, -0.25) is 5.41 Å². The van der Waals surface area contributed by atoms with Crippen LogP contribution in [-0.4, -0.2) is 17.4 Å². The highest BCUT2D eigenvalue weighted by Gasteiger charge is 2.17. The van der Waals surface area contributed by atoms with Gasteiger partial charge < -0.3 is 10.6 Å². The zero-order valence-electron chi connectivity index (χ0n) is 10.6. The SMILES string of the molecule is N=C(N)c1cccc(N2CCc3ccccc3C2)n1. The normalized spacial score (nSPS) is 14.0. The average Bonchev–Trinajstić information content (AvgIpc) is 2.47. The molecule has 19 heavy (non-hydrogen) atoms. The van der Waals surface area contributed by atoms with Crippen LogP contribution in [0.1, 0.15) is 16.8 Å². The molecule has 0 bridgehead atoms. The Bertz CT molecular complexity index is 621. The van der Waals surface area contributed by atoms with Crippen molar-refractivity contribution < 1.29 is 0 Å². The van der Waals surface area contributed by atoms with Gasteiger partial charge in [0.15, 0.2) is 0 Å². The molecule has 96 valence electrons. The van der Waals surface area contributed by atoms with E-state index in [1.54, 1.807) is 6.07 Å². The van der Waals surface area contributed by atoms with Gasteiger partial charge in [-0.2, -0.15) is 0 Å². The number of amidine groups is 1. The van der Waals surface area contributed by atoms with Crippen LogP contribution in [-0.2, 0) is 13.0 Å². The maximum atomic E-state index is 7.46. The van der Waals surface area contributed by atoms with Crippen molar-refractivity contribution >= 4 is 11.7 Å². The Morgan fingerprint density at radius 3 is 2.68 bits per heavy atom. The van der Waals surface area contributed by atoms with E-state index in [-0.39, 0.29) is 5.84 Å². The van der Waals surface area contributed by atoms with E-state index in [1.165, 1.54) is 11.1 Å². The molecule has 3 rings (SSSR count). The van der Waals surface area contributed by atoms with Crippen LogP contribution in [0.25, 0.3) is 0 Å². The zero-order chi connectivity index (χ0) is 13.2. The Balaban J connectivity index is 1.89. The van der Waals surface area contributed by atoms with Gasteiger partial charge in [-0.15, -0.1) is 0 Å². The first-order valence-corrected chi connectivity index (χ1v) is 6.37. The Morgan fingerprint density at radius 1 is 1.11 bits per heavy atom. The topological polar surface area (TPSA) is 66.0 Å². The van der Waals surface area contributed by atoms with Gasteiger partial charge >= 0.3 is 0 Å². The molecule has 4 heteroatoms. The van der Waals surface area contributed by atoms with E-state index in [2.05, 4.69) is 34.1 Å². The summed E-state index contributed by atoms with van der Waals surface area (Å²) in [5.74, 6) is 0.904. The number of nitrogens with one attached hydrogen (secondary N) is 1. The number of hydrogen-bond acceptors (Lipinski definition) is 3. The van der Waals surface area contributed by atoms with E-state index in [9.17, 15) is 0 Å². The molecule has 3 N–H and O–H groups in total. The van der Waals surface area contributed by atoms with Crippen LogP contribution >= 0.6 is 0 Å². The summed E-state index contributed by atoms with van der Waals surface area (Å²) in [7, 11) is 0. The van der Waals surface area contributed by atoms with E-state index >= 15 is 0 Å². The van der Waals surface area contributed by atoms with Gasteiger partial charge in [-0.25, -0.2) is 4.98 Å². The van der Waals surface area contributed by atoms with Gasteiger partial charge in [0.05, 0.1) is 0 Å². The van der Waals surface area contributed by atoms with Gasteiger partial charge in [-0.05, 0) is 29.7 Å². The molecule has 0 fully saturated rings. The number of nitrogens with zero attached hydrogens (tertiary/aromatic N) is 2. The van der Waals surface area contributed by atoms with Crippen LogP contribution in [0.5, 0.6) is 0 Å². The van der Waals surface area contributed by atoms with Crippen LogP contribution in [0.15, 0.2) is 42.5 Å². The van der Waals surface area contributed by atoms with Gasteiger partial charge in [-0.1, -0.05) is 30.3 Å². The number of aromatic nitrogens is 1. The third-order valence-corrected chi connectivity index (χ3v) is 3.46. The Kier molecular flexibility index (Phi) is 2.91. The fourth-order valence-corrected chi connectivity index (χ4v) is 2.44. The molecule has 1 aromatic heterocycles. The molecule has 4 nitrogen and oxygen atoms in total. The summed E-state index contributed by atoms with van der Waals surface area (Å²) in [5, 5.41) is 7.46. The number of benzene rings is 1. The summed E-state index contributed by atoms with van der Waals surface area (Å²) in [6.07, 6.45) is 1.03. The highest BCUT2D eigenvalue weighted by molar-refractivity contribution is 5.93. The predicted molar refractivity (Wildman–Crippen MR) is 76.4 cm³/mol. The van der Waals surface area contributed by atoms with E-state index in [0.29, 0.717) is 5.69 Å². The fourth-order valence-electron chi connectivity index (χ4n) is 2.44. The average molecular weight is 252 g/mol. The Hall–Kier alpha value is -2.36. The smallest absolute Gasteiger partial charge is 0.141 e. The number of anilines is 1. The minimum absolute atomic E-state index is 0.0132. The molecule has 0 amide bonds. The zero-order valence-corrected chi connectivity index (χ0v) is 10.6. The van der Waals surface area contributed by atoms with Crippen molar-refractivity contribution in [1.29, 1.82) is 5.41 Å². The van der Waals surface area contributed by atoms with E-state index < -0.39 is 0 Å². The molecule has 0 radical (unpaired) electrons.